The highest BCUT2D eigenvalue weighted by Crippen LogP contribution is 2.31. The van der Waals surface area contributed by atoms with Crippen LogP contribution >= 0.6 is 23.4 Å². The molecule has 0 radical (unpaired) electrons. The maximum Gasteiger partial charge on any atom is 0.239 e. The van der Waals surface area contributed by atoms with Crippen LogP contribution in [0, 0.1) is 0 Å². The van der Waals surface area contributed by atoms with Crippen LogP contribution in [-0.4, -0.2) is 25.3 Å². The standard InChI is InChI=1S/C17H20ClN5O2S/c1-3-4-5-14-19-16(25-23-14)11(2)26-17-20-15(21-22-17)10-24-13-8-6-12(18)7-9-13/h6-9,11H,3-5,10H2,1-2H3,(H,20,21,22). The normalized spacial score (nSPS) is 12.3. The number of hydrogen-bond acceptors (Lipinski definition) is 7. The minimum atomic E-state index is -0.0290. The predicted octanol–water partition coefficient (Wildman–Crippen LogP) is 4.62. The van der Waals surface area contributed by atoms with Crippen LogP contribution in [0.5, 0.6) is 5.75 Å². The molecule has 0 saturated heterocycles. The van der Waals surface area contributed by atoms with Crippen molar-refractivity contribution in [1.82, 2.24) is 25.3 Å². The van der Waals surface area contributed by atoms with Gasteiger partial charge in [0.2, 0.25) is 11.0 Å². The highest BCUT2D eigenvalue weighted by atomic mass is 35.5. The number of aromatic nitrogens is 5. The minimum absolute atomic E-state index is 0.0290. The smallest absolute Gasteiger partial charge is 0.239 e. The fourth-order valence-corrected chi connectivity index (χ4v) is 3.06. The summed E-state index contributed by atoms with van der Waals surface area (Å²) >= 11 is 7.31. The summed E-state index contributed by atoms with van der Waals surface area (Å²) in [5, 5.41) is 12.3. The first-order chi connectivity index (χ1) is 12.6. The van der Waals surface area contributed by atoms with Gasteiger partial charge in [-0.05, 0) is 37.6 Å². The zero-order valence-electron chi connectivity index (χ0n) is 14.6. The molecular weight excluding hydrogens is 374 g/mol. The van der Waals surface area contributed by atoms with E-state index in [4.69, 9.17) is 20.9 Å². The van der Waals surface area contributed by atoms with E-state index in [0.717, 1.165) is 30.8 Å². The quantitative estimate of drug-likeness (QED) is 0.530. The monoisotopic (exact) mass is 393 g/mol. The summed E-state index contributed by atoms with van der Waals surface area (Å²) in [6.45, 7) is 4.42. The van der Waals surface area contributed by atoms with Crippen molar-refractivity contribution in [2.45, 2.75) is 50.1 Å². The van der Waals surface area contributed by atoms with E-state index < -0.39 is 0 Å². The van der Waals surface area contributed by atoms with E-state index in [1.54, 1.807) is 12.1 Å². The van der Waals surface area contributed by atoms with Crippen molar-refractivity contribution in [1.29, 1.82) is 0 Å². The number of halogens is 1. The maximum absolute atomic E-state index is 5.85. The van der Waals surface area contributed by atoms with E-state index in [9.17, 15) is 0 Å². The van der Waals surface area contributed by atoms with Crippen LogP contribution in [0.2, 0.25) is 5.02 Å². The Kier molecular flexibility index (Phi) is 6.51. The van der Waals surface area contributed by atoms with E-state index >= 15 is 0 Å². The van der Waals surface area contributed by atoms with Crippen molar-refractivity contribution in [3.63, 3.8) is 0 Å². The van der Waals surface area contributed by atoms with Crippen LogP contribution in [0.4, 0.5) is 0 Å². The second kappa shape index (κ2) is 9.05. The van der Waals surface area contributed by atoms with Gasteiger partial charge in [0.1, 0.15) is 12.4 Å². The Hall–Kier alpha value is -2.06. The molecule has 0 aliphatic heterocycles. The number of unbranched alkanes of at least 4 members (excludes halogenated alkanes) is 1. The lowest BCUT2D eigenvalue weighted by Gasteiger charge is -2.03. The lowest BCUT2D eigenvalue weighted by Crippen LogP contribution is -1.97. The van der Waals surface area contributed by atoms with E-state index in [1.807, 2.05) is 19.1 Å². The average Bonchev–Trinajstić information content (AvgIpc) is 3.29. The molecule has 0 fully saturated rings. The molecule has 0 bridgehead atoms. The number of rotatable bonds is 9. The topological polar surface area (TPSA) is 89.7 Å². The van der Waals surface area contributed by atoms with Crippen LogP contribution in [0.25, 0.3) is 0 Å². The Balaban J connectivity index is 1.52. The van der Waals surface area contributed by atoms with Crippen molar-refractivity contribution in [2.75, 3.05) is 0 Å². The molecule has 3 aromatic rings. The molecule has 3 rings (SSSR count). The van der Waals surface area contributed by atoms with Crippen LogP contribution in [0.3, 0.4) is 0 Å². The predicted molar refractivity (Wildman–Crippen MR) is 99.3 cm³/mol. The van der Waals surface area contributed by atoms with Crippen LogP contribution in [-0.2, 0) is 13.0 Å². The Bertz CT molecular complexity index is 821. The van der Waals surface area contributed by atoms with Gasteiger partial charge in [0.05, 0.1) is 5.25 Å². The summed E-state index contributed by atoms with van der Waals surface area (Å²) in [4.78, 5) is 8.85. The Labute approximate surface area is 160 Å². The number of nitrogens with one attached hydrogen (secondary N) is 1. The van der Waals surface area contributed by atoms with Gasteiger partial charge in [-0.3, -0.25) is 5.10 Å². The fourth-order valence-electron chi connectivity index (χ4n) is 2.16. The largest absolute Gasteiger partial charge is 0.486 e. The molecule has 2 aromatic heterocycles. The number of hydrogen-bond donors (Lipinski definition) is 1. The fraction of sp³-hybridized carbons (Fsp3) is 0.412. The number of benzene rings is 1. The highest BCUT2D eigenvalue weighted by Gasteiger charge is 2.18. The summed E-state index contributed by atoms with van der Waals surface area (Å²) in [6.07, 6.45) is 2.99. The number of thioether (sulfide) groups is 1. The van der Waals surface area contributed by atoms with Crippen molar-refractivity contribution < 1.29 is 9.26 Å². The Morgan fingerprint density at radius 3 is 2.85 bits per heavy atom. The molecule has 0 aliphatic rings. The minimum Gasteiger partial charge on any atom is -0.486 e. The molecule has 138 valence electrons. The first-order valence-electron chi connectivity index (χ1n) is 8.43. The van der Waals surface area contributed by atoms with E-state index in [-0.39, 0.29) is 5.25 Å². The number of nitrogens with zero attached hydrogens (tertiary/aromatic N) is 4. The molecule has 2 heterocycles. The van der Waals surface area contributed by atoms with Crippen molar-refractivity contribution in [2.24, 2.45) is 0 Å². The van der Waals surface area contributed by atoms with Gasteiger partial charge in [0, 0.05) is 11.4 Å². The van der Waals surface area contributed by atoms with E-state index in [0.29, 0.717) is 28.5 Å². The molecule has 1 unspecified atom stereocenters. The first kappa shape index (κ1) is 18.7. The van der Waals surface area contributed by atoms with E-state index in [2.05, 4.69) is 32.2 Å². The molecular formula is C17H20ClN5O2S. The number of aryl methyl sites for hydroxylation is 1. The molecule has 0 aliphatic carbocycles. The van der Waals surface area contributed by atoms with Crippen molar-refractivity contribution in [3.8, 4) is 5.75 Å². The molecule has 26 heavy (non-hydrogen) atoms. The second-order valence-corrected chi connectivity index (χ2v) is 7.46. The van der Waals surface area contributed by atoms with Gasteiger partial charge < -0.3 is 9.26 Å². The van der Waals surface area contributed by atoms with Crippen LogP contribution in [0.1, 0.15) is 49.5 Å². The third-order valence-corrected chi connectivity index (χ3v) is 4.77. The van der Waals surface area contributed by atoms with Gasteiger partial charge in [-0.15, -0.1) is 5.10 Å². The molecule has 7 nitrogen and oxygen atoms in total. The zero-order chi connectivity index (χ0) is 18.4. The highest BCUT2D eigenvalue weighted by molar-refractivity contribution is 7.99. The third kappa shape index (κ3) is 5.22. The molecule has 1 atom stereocenters. The molecule has 0 amide bonds. The van der Waals surface area contributed by atoms with E-state index in [1.165, 1.54) is 11.8 Å². The first-order valence-corrected chi connectivity index (χ1v) is 9.68. The maximum atomic E-state index is 5.85. The van der Waals surface area contributed by atoms with Gasteiger partial charge in [0.15, 0.2) is 11.6 Å². The van der Waals surface area contributed by atoms with Crippen LogP contribution in [0.15, 0.2) is 33.9 Å². The summed E-state index contributed by atoms with van der Waals surface area (Å²) in [7, 11) is 0. The zero-order valence-corrected chi connectivity index (χ0v) is 16.2. The van der Waals surface area contributed by atoms with Gasteiger partial charge in [0.25, 0.3) is 0 Å². The van der Waals surface area contributed by atoms with Crippen molar-refractivity contribution >= 4 is 23.4 Å². The average molecular weight is 394 g/mol. The summed E-state index contributed by atoms with van der Waals surface area (Å²) in [6, 6.07) is 7.17. The van der Waals surface area contributed by atoms with Gasteiger partial charge >= 0.3 is 0 Å². The lowest BCUT2D eigenvalue weighted by atomic mass is 10.2. The van der Waals surface area contributed by atoms with Crippen LogP contribution < -0.4 is 4.74 Å². The van der Waals surface area contributed by atoms with Crippen molar-refractivity contribution in [3.05, 3.63) is 46.8 Å². The molecule has 0 spiro atoms. The third-order valence-electron chi connectivity index (χ3n) is 3.57. The number of H-pyrrole nitrogens is 1. The SMILES string of the molecule is CCCCc1noc(C(C)Sc2n[nH]c(COc3ccc(Cl)cc3)n2)n1. The molecule has 1 aromatic carbocycles. The Morgan fingerprint density at radius 1 is 1.27 bits per heavy atom. The summed E-state index contributed by atoms with van der Waals surface area (Å²) in [5.74, 6) is 2.70. The molecule has 9 heteroatoms. The number of ether oxygens (including phenoxy) is 1. The Morgan fingerprint density at radius 2 is 2.08 bits per heavy atom. The van der Waals surface area contributed by atoms with Gasteiger partial charge in [-0.25, -0.2) is 4.98 Å². The second-order valence-electron chi connectivity index (χ2n) is 5.72. The summed E-state index contributed by atoms with van der Waals surface area (Å²) in [5.41, 5.74) is 0. The summed E-state index contributed by atoms with van der Waals surface area (Å²) < 4.78 is 11.0. The van der Waals surface area contributed by atoms with Gasteiger partial charge in [-0.1, -0.05) is 41.9 Å². The van der Waals surface area contributed by atoms with Gasteiger partial charge in [-0.2, -0.15) is 4.98 Å². The number of aromatic amines is 1. The lowest BCUT2D eigenvalue weighted by molar-refractivity contribution is 0.296. The molecule has 1 N–H and O–H groups in total. The molecule has 0 saturated carbocycles.